The van der Waals surface area contributed by atoms with Gasteiger partial charge in [0.25, 0.3) is 5.91 Å². The molecule has 0 aliphatic carbocycles. The number of carbonyl (C=O) groups excluding carboxylic acids is 1. The number of nitrogens with one attached hydrogen (secondary N) is 1. The number of rotatable bonds is 6. The van der Waals surface area contributed by atoms with Gasteiger partial charge in [-0.15, -0.1) is 0 Å². The Balaban J connectivity index is 1.73. The fraction of sp³-hybridized carbons (Fsp3) is 0.222. The lowest BCUT2D eigenvalue weighted by Crippen LogP contribution is -2.41. The van der Waals surface area contributed by atoms with Crippen molar-refractivity contribution in [2.24, 2.45) is 12.8 Å². The molecule has 1 amide bonds. The first-order chi connectivity index (χ1) is 12.9. The van der Waals surface area contributed by atoms with E-state index in [-0.39, 0.29) is 23.9 Å². The van der Waals surface area contributed by atoms with E-state index >= 15 is 0 Å². The number of nitrogens with zero attached hydrogens (tertiary/aromatic N) is 2. The molecule has 2 aromatic heterocycles. The number of amides is 1. The van der Waals surface area contributed by atoms with E-state index in [1.807, 2.05) is 0 Å². The summed E-state index contributed by atoms with van der Waals surface area (Å²) < 4.78 is 33.3. The summed E-state index contributed by atoms with van der Waals surface area (Å²) in [6.07, 6.45) is 1.84. The van der Waals surface area contributed by atoms with Crippen LogP contribution in [0.25, 0.3) is 11.3 Å². The number of carbonyl (C=O) groups is 1. The summed E-state index contributed by atoms with van der Waals surface area (Å²) in [5, 5.41) is 6.83. The SMILES string of the molecule is Cn1nccc1-c1cc(C(=O)N[C@H](CN)Cc2ccc(F)c(F)c2)oc1Cl. The summed E-state index contributed by atoms with van der Waals surface area (Å²) in [5.41, 5.74) is 7.44. The smallest absolute Gasteiger partial charge is 0.287 e. The van der Waals surface area contributed by atoms with Crippen LogP contribution in [-0.2, 0) is 13.5 Å². The number of aromatic nitrogens is 2. The topological polar surface area (TPSA) is 86.1 Å². The zero-order chi connectivity index (χ0) is 19.6. The molecule has 2 heterocycles. The van der Waals surface area contributed by atoms with E-state index in [2.05, 4.69) is 10.4 Å². The normalized spacial score (nSPS) is 12.2. The first kappa shape index (κ1) is 19.1. The van der Waals surface area contributed by atoms with E-state index < -0.39 is 23.6 Å². The van der Waals surface area contributed by atoms with E-state index in [9.17, 15) is 13.6 Å². The molecule has 1 atom stereocenters. The minimum absolute atomic E-state index is 0.0138. The van der Waals surface area contributed by atoms with Crippen LogP contribution in [0.15, 0.2) is 40.9 Å². The molecule has 0 bridgehead atoms. The monoisotopic (exact) mass is 394 g/mol. The molecule has 0 aliphatic rings. The molecule has 6 nitrogen and oxygen atoms in total. The van der Waals surface area contributed by atoms with Crippen LogP contribution < -0.4 is 11.1 Å². The van der Waals surface area contributed by atoms with Gasteiger partial charge in [0.15, 0.2) is 17.4 Å². The standard InChI is InChI=1S/C18H17ClF2N4O2/c1-25-15(4-5-23-25)12-8-16(27-17(12)19)18(26)24-11(9-22)6-10-2-3-13(20)14(21)7-10/h2-5,7-8,11H,6,9,22H2,1H3,(H,24,26)/t11-/m0/s1. The second-order valence-corrected chi connectivity index (χ2v) is 6.34. The number of hydrogen-bond donors (Lipinski definition) is 2. The van der Waals surface area contributed by atoms with Gasteiger partial charge in [-0.1, -0.05) is 6.07 Å². The second kappa shape index (κ2) is 7.89. The van der Waals surface area contributed by atoms with E-state index in [4.69, 9.17) is 21.8 Å². The Bertz CT molecular complexity index is 970. The van der Waals surface area contributed by atoms with Crippen LogP contribution in [-0.4, -0.2) is 28.3 Å². The van der Waals surface area contributed by atoms with Crippen LogP contribution >= 0.6 is 11.6 Å². The van der Waals surface area contributed by atoms with Crippen molar-refractivity contribution in [3.8, 4) is 11.3 Å². The van der Waals surface area contributed by atoms with Crippen LogP contribution in [0.2, 0.25) is 5.22 Å². The van der Waals surface area contributed by atoms with Gasteiger partial charge in [-0.2, -0.15) is 5.10 Å². The molecule has 0 spiro atoms. The third kappa shape index (κ3) is 4.17. The van der Waals surface area contributed by atoms with Crippen molar-refractivity contribution >= 4 is 17.5 Å². The van der Waals surface area contributed by atoms with Crippen molar-refractivity contribution in [1.82, 2.24) is 15.1 Å². The highest BCUT2D eigenvalue weighted by molar-refractivity contribution is 6.31. The van der Waals surface area contributed by atoms with Gasteiger partial charge in [0.05, 0.1) is 11.3 Å². The quantitative estimate of drug-likeness (QED) is 0.673. The average molecular weight is 395 g/mol. The number of aryl methyl sites for hydroxylation is 1. The summed E-state index contributed by atoms with van der Waals surface area (Å²) in [6, 6.07) is 6.31. The van der Waals surface area contributed by atoms with Gasteiger partial charge in [-0.3, -0.25) is 9.48 Å². The van der Waals surface area contributed by atoms with E-state index in [0.717, 1.165) is 12.1 Å². The highest BCUT2D eigenvalue weighted by Crippen LogP contribution is 2.30. The molecule has 0 radical (unpaired) electrons. The van der Waals surface area contributed by atoms with Crippen LogP contribution in [0.1, 0.15) is 16.1 Å². The van der Waals surface area contributed by atoms with Gasteiger partial charge in [0.1, 0.15) is 0 Å². The Morgan fingerprint density at radius 2 is 2.11 bits per heavy atom. The van der Waals surface area contributed by atoms with Crippen molar-refractivity contribution in [3.05, 3.63) is 64.7 Å². The van der Waals surface area contributed by atoms with Crippen LogP contribution in [0.3, 0.4) is 0 Å². The maximum atomic E-state index is 13.3. The molecule has 0 saturated carbocycles. The summed E-state index contributed by atoms with van der Waals surface area (Å²) in [6.45, 7) is 0.105. The minimum Gasteiger partial charge on any atom is -0.439 e. The zero-order valence-corrected chi connectivity index (χ0v) is 15.1. The summed E-state index contributed by atoms with van der Waals surface area (Å²) >= 11 is 6.10. The van der Waals surface area contributed by atoms with E-state index in [1.165, 1.54) is 12.1 Å². The van der Waals surface area contributed by atoms with Crippen molar-refractivity contribution < 1.29 is 18.0 Å². The lowest BCUT2D eigenvalue weighted by atomic mass is 10.1. The molecule has 1 aromatic carbocycles. The van der Waals surface area contributed by atoms with Gasteiger partial charge in [-0.25, -0.2) is 8.78 Å². The molecule has 3 aromatic rings. The highest BCUT2D eigenvalue weighted by Gasteiger charge is 2.21. The molecule has 0 saturated heterocycles. The summed E-state index contributed by atoms with van der Waals surface area (Å²) in [5.74, 6) is -2.38. The fourth-order valence-electron chi connectivity index (χ4n) is 2.69. The molecule has 3 N–H and O–H groups in total. The molecule has 142 valence electrons. The number of nitrogens with two attached hydrogens (primary N) is 1. The largest absolute Gasteiger partial charge is 0.439 e. The molecule has 0 fully saturated rings. The Kier molecular flexibility index (Phi) is 5.57. The van der Waals surface area contributed by atoms with Gasteiger partial charge in [-0.05, 0) is 41.8 Å². The Hall–Kier alpha value is -2.71. The molecule has 0 unspecified atom stereocenters. The minimum atomic E-state index is -0.951. The highest BCUT2D eigenvalue weighted by atomic mass is 35.5. The molecular formula is C18H17ClF2N4O2. The van der Waals surface area contributed by atoms with E-state index in [0.29, 0.717) is 16.8 Å². The van der Waals surface area contributed by atoms with Gasteiger partial charge >= 0.3 is 0 Å². The molecule has 0 aliphatic heterocycles. The maximum absolute atomic E-state index is 13.3. The van der Waals surface area contributed by atoms with Crippen LogP contribution in [0, 0.1) is 11.6 Å². The van der Waals surface area contributed by atoms with Crippen LogP contribution in [0.5, 0.6) is 0 Å². The van der Waals surface area contributed by atoms with Crippen molar-refractivity contribution in [1.29, 1.82) is 0 Å². The Morgan fingerprint density at radius 3 is 2.74 bits per heavy atom. The second-order valence-electron chi connectivity index (χ2n) is 6.00. The molecular weight excluding hydrogens is 378 g/mol. The van der Waals surface area contributed by atoms with Gasteiger partial charge < -0.3 is 15.5 Å². The Morgan fingerprint density at radius 1 is 1.33 bits per heavy atom. The predicted octanol–water partition coefficient (Wildman–Crippen LogP) is 2.91. The maximum Gasteiger partial charge on any atom is 0.287 e. The summed E-state index contributed by atoms with van der Waals surface area (Å²) in [4.78, 5) is 12.5. The average Bonchev–Trinajstić information content (AvgIpc) is 3.22. The zero-order valence-electron chi connectivity index (χ0n) is 14.4. The van der Waals surface area contributed by atoms with Crippen molar-refractivity contribution in [3.63, 3.8) is 0 Å². The van der Waals surface area contributed by atoms with Gasteiger partial charge in [0, 0.05) is 31.9 Å². The van der Waals surface area contributed by atoms with Crippen LogP contribution in [0.4, 0.5) is 8.78 Å². The summed E-state index contributed by atoms with van der Waals surface area (Å²) in [7, 11) is 1.74. The predicted molar refractivity (Wildman–Crippen MR) is 96.3 cm³/mol. The molecule has 3 rings (SSSR count). The van der Waals surface area contributed by atoms with E-state index in [1.54, 1.807) is 24.0 Å². The van der Waals surface area contributed by atoms with Gasteiger partial charge in [0.2, 0.25) is 5.22 Å². The number of benzene rings is 1. The fourth-order valence-corrected chi connectivity index (χ4v) is 2.93. The van der Waals surface area contributed by atoms with Crippen molar-refractivity contribution in [2.45, 2.75) is 12.5 Å². The Labute approximate surface area is 158 Å². The molecule has 27 heavy (non-hydrogen) atoms. The first-order valence-electron chi connectivity index (χ1n) is 8.11. The number of furan rings is 1. The lowest BCUT2D eigenvalue weighted by Gasteiger charge is -2.16. The third-order valence-corrected chi connectivity index (χ3v) is 4.37. The number of hydrogen-bond acceptors (Lipinski definition) is 4. The number of halogens is 3. The lowest BCUT2D eigenvalue weighted by molar-refractivity contribution is 0.0910. The first-order valence-corrected chi connectivity index (χ1v) is 8.49. The third-order valence-electron chi connectivity index (χ3n) is 4.09. The molecule has 9 heteroatoms. The van der Waals surface area contributed by atoms with Crippen molar-refractivity contribution in [2.75, 3.05) is 6.54 Å².